The number of nitrogens with zero attached hydrogens (tertiary/aromatic N) is 1. The van der Waals surface area contributed by atoms with Crippen molar-refractivity contribution in [3.63, 3.8) is 0 Å². The van der Waals surface area contributed by atoms with Gasteiger partial charge < -0.3 is 8.60 Å². The molecule has 2 aromatic carbocycles. The van der Waals surface area contributed by atoms with E-state index >= 15 is 0 Å². The molecule has 0 amide bonds. The highest BCUT2D eigenvalue weighted by Crippen LogP contribution is 2.29. The molecule has 0 bridgehead atoms. The largest absolute Gasteiger partial charge is 0.419 e. The van der Waals surface area contributed by atoms with E-state index in [0.29, 0.717) is 9.99 Å². The molecule has 3 rings (SSSR count). The van der Waals surface area contributed by atoms with Crippen LogP contribution in [0.3, 0.4) is 0 Å². The van der Waals surface area contributed by atoms with Gasteiger partial charge in [-0.3, -0.25) is 4.57 Å². The van der Waals surface area contributed by atoms with E-state index in [0.717, 1.165) is 5.56 Å². The second-order valence-corrected chi connectivity index (χ2v) is 7.43. The van der Waals surface area contributed by atoms with E-state index in [1.807, 2.05) is 6.92 Å². The van der Waals surface area contributed by atoms with E-state index in [1.165, 1.54) is 22.8 Å². The summed E-state index contributed by atoms with van der Waals surface area (Å²) in [4.78, 5) is 11.4. The van der Waals surface area contributed by atoms with Crippen LogP contribution in [0.5, 0.6) is 5.75 Å². The second kappa shape index (κ2) is 5.54. The van der Waals surface area contributed by atoms with Gasteiger partial charge in [0.05, 0.1) is 9.99 Å². The third-order valence-electron chi connectivity index (χ3n) is 3.34. The first-order valence-corrected chi connectivity index (χ1v) is 8.78. The maximum absolute atomic E-state index is 12.4. The zero-order valence-electron chi connectivity index (χ0n) is 12.2. The van der Waals surface area contributed by atoms with Gasteiger partial charge >= 0.3 is 15.9 Å². The summed E-state index contributed by atoms with van der Waals surface area (Å²) in [6.07, 6.45) is 0. The normalized spacial score (nSPS) is 11.8. The van der Waals surface area contributed by atoms with Gasteiger partial charge in [-0.05, 0) is 52.7 Å². The molecule has 0 radical (unpaired) electrons. The van der Waals surface area contributed by atoms with E-state index in [-0.39, 0.29) is 16.2 Å². The Kier molecular flexibility index (Phi) is 3.81. The number of benzene rings is 2. The van der Waals surface area contributed by atoms with Crippen molar-refractivity contribution >= 4 is 37.1 Å². The van der Waals surface area contributed by atoms with E-state index in [1.54, 1.807) is 25.2 Å². The quantitative estimate of drug-likeness (QED) is 0.634. The van der Waals surface area contributed by atoms with Crippen molar-refractivity contribution in [3.05, 3.63) is 57.0 Å². The summed E-state index contributed by atoms with van der Waals surface area (Å²) >= 11 is 3.27. The molecule has 0 fully saturated rings. The summed E-state index contributed by atoms with van der Waals surface area (Å²) in [6, 6.07) is 9.21. The molecule has 0 aliphatic heterocycles. The first-order chi connectivity index (χ1) is 10.8. The Balaban J connectivity index is 2.04. The number of aryl methyl sites for hydroxylation is 2. The Bertz CT molecular complexity index is 1070. The van der Waals surface area contributed by atoms with Crippen LogP contribution in [0, 0.1) is 6.92 Å². The van der Waals surface area contributed by atoms with E-state index in [2.05, 4.69) is 15.9 Å². The van der Waals surface area contributed by atoms with E-state index in [4.69, 9.17) is 8.60 Å². The molecule has 0 aliphatic carbocycles. The Morgan fingerprint density at radius 2 is 1.91 bits per heavy atom. The summed E-state index contributed by atoms with van der Waals surface area (Å²) in [5, 5.41) is 0. The van der Waals surface area contributed by atoms with E-state index in [9.17, 15) is 13.2 Å². The maximum atomic E-state index is 12.4. The van der Waals surface area contributed by atoms with Crippen LogP contribution < -0.4 is 9.94 Å². The summed E-state index contributed by atoms with van der Waals surface area (Å²) < 4.78 is 36.8. The summed E-state index contributed by atoms with van der Waals surface area (Å²) in [5.74, 6) is -0.373. The van der Waals surface area contributed by atoms with Crippen LogP contribution in [0.1, 0.15) is 5.56 Å². The lowest BCUT2D eigenvalue weighted by molar-refractivity contribution is 0.484. The molecular formula is C15H12BrNO5S. The number of hydrogen-bond acceptors (Lipinski definition) is 5. The fourth-order valence-electron chi connectivity index (χ4n) is 2.11. The van der Waals surface area contributed by atoms with Crippen molar-refractivity contribution in [1.82, 2.24) is 4.57 Å². The molecule has 0 aliphatic rings. The minimum atomic E-state index is -4.05. The van der Waals surface area contributed by atoms with Gasteiger partial charge in [0.15, 0.2) is 11.3 Å². The highest BCUT2D eigenvalue weighted by atomic mass is 79.9. The van der Waals surface area contributed by atoms with Crippen LogP contribution >= 0.6 is 15.9 Å². The first kappa shape index (κ1) is 15.8. The van der Waals surface area contributed by atoms with Crippen LogP contribution in [-0.4, -0.2) is 13.0 Å². The molecule has 0 spiro atoms. The van der Waals surface area contributed by atoms with Gasteiger partial charge in [0.2, 0.25) is 0 Å². The third kappa shape index (κ3) is 2.91. The molecule has 0 atom stereocenters. The monoisotopic (exact) mass is 397 g/mol. The summed E-state index contributed by atoms with van der Waals surface area (Å²) in [7, 11) is -2.50. The summed E-state index contributed by atoms with van der Waals surface area (Å²) in [6.45, 7) is 1.88. The SMILES string of the molecule is Cc1ccc(OS(=O)(=O)c2ccc3c(c2)oc(=O)n3C)c(Br)c1. The third-order valence-corrected chi connectivity index (χ3v) is 5.19. The molecule has 0 saturated carbocycles. The van der Waals surface area contributed by atoms with Gasteiger partial charge in [0, 0.05) is 13.1 Å². The van der Waals surface area contributed by atoms with Crippen molar-refractivity contribution in [3.8, 4) is 5.75 Å². The second-order valence-electron chi connectivity index (χ2n) is 5.03. The zero-order chi connectivity index (χ0) is 16.8. The molecule has 1 aromatic heterocycles. The van der Waals surface area contributed by atoms with E-state index < -0.39 is 15.9 Å². The number of aromatic nitrogens is 1. The molecule has 6 nitrogen and oxygen atoms in total. The molecule has 120 valence electrons. The van der Waals surface area contributed by atoms with Gasteiger partial charge in [-0.15, -0.1) is 0 Å². The molecular weight excluding hydrogens is 386 g/mol. The number of fused-ring (bicyclic) bond motifs is 1. The lowest BCUT2D eigenvalue weighted by Crippen LogP contribution is -2.10. The van der Waals surface area contributed by atoms with Crippen molar-refractivity contribution in [1.29, 1.82) is 0 Å². The summed E-state index contributed by atoms with van der Waals surface area (Å²) in [5.41, 5.74) is 1.66. The van der Waals surface area contributed by atoms with Crippen LogP contribution in [0.25, 0.3) is 11.1 Å². The predicted molar refractivity (Wildman–Crippen MR) is 88.1 cm³/mol. The molecule has 23 heavy (non-hydrogen) atoms. The zero-order valence-corrected chi connectivity index (χ0v) is 14.6. The smallest absolute Gasteiger partial charge is 0.408 e. The minimum absolute atomic E-state index is 0.0909. The molecule has 0 unspecified atom stereocenters. The molecule has 0 N–H and O–H groups in total. The number of halogens is 1. The standard InChI is InChI=1S/C15H12BrNO5S/c1-9-3-6-13(11(16)7-9)22-23(19,20)10-4-5-12-14(8-10)21-15(18)17(12)2/h3-8H,1-2H3. The fraction of sp³-hybridized carbons (Fsp3) is 0.133. The van der Waals surface area contributed by atoms with Crippen LogP contribution in [0.4, 0.5) is 0 Å². The first-order valence-electron chi connectivity index (χ1n) is 6.58. The molecule has 1 heterocycles. The molecule has 3 aromatic rings. The van der Waals surface area contributed by atoms with Crippen LogP contribution in [-0.2, 0) is 17.2 Å². The predicted octanol–water partition coefficient (Wildman–Crippen LogP) is 2.97. The van der Waals surface area contributed by atoms with Gasteiger partial charge in [0.1, 0.15) is 4.90 Å². The topological polar surface area (TPSA) is 78.5 Å². The molecule has 0 saturated heterocycles. The van der Waals surface area contributed by atoms with Gasteiger partial charge in [-0.1, -0.05) is 6.07 Å². The highest BCUT2D eigenvalue weighted by molar-refractivity contribution is 9.10. The van der Waals surface area contributed by atoms with Crippen molar-refractivity contribution in [2.75, 3.05) is 0 Å². The number of hydrogen-bond donors (Lipinski definition) is 0. The van der Waals surface area contributed by atoms with Crippen molar-refractivity contribution in [2.45, 2.75) is 11.8 Å². The Morgan fingerprint density at radius 3 is 2.61 bits per heavy atom. The van der Waals surface area contributed by atoms with Crippen LogP contribution in [0.2, 0.25) is 0 Å². The van der Waals surface area contributed by atoms with Gasteiger partial charge in [0.25, 0.3) is 0 Å². The highest BCUT2D eigenvalue weighted by Gasteiger charge is 2.20. The average molecular weight is 398 g/mol. The lowest BCUT2D eigenvalue weighted by atomic mass is 10.2. The number of rotatable bonds is 3. The lowest BCUT2D eigenvalue weighted by Gasteiger charge is -2.09. The van der Waals surface area contributed by atoms with Crippen molar-refractivity contribution < 1.29 is 17.0 Å². The van der Waals surface area contributed by atoms with Crippen LogP contribution in [0.15, 0.2) is 55.0 Å². The Morgan fingerprint density at radius 1 is 1.17 bits per heavy atom. The Labute approximate surface area is 140 Å². The minimum Gasteiger partial charge on any atom is -0.408 e. The number of oxazole rings is 1. The average Bonchev–Trinajstić information content (AvgIpc) is 2.77. The fourth-order valence-corrected chi connectivity index (χ4v) is 3.75. The Hall–Kier alpha value is -2.06. The maximum Gasteiger partial charge on any atom is 0.419 e. The van der Waals surface area contributed by atoms with Crippen molar-refractivity contribution in [2.24, 2.45) is 7.05 Å². The van der Waals surface area contributed by atoms with Gasteiger partial charge in [-0.25, -0.2) is 4.79 Å². The van der Waals surface area contributed by atoms with Gasteiger partial charge in [-0.2, -0.15) is 8.42 Å². The molecule has 8 heteroatoms.